The van der Waals surface area contributed by atoms with Crippen molar-refractivity contribution in [2.75, 3.05) is 18.8 Å². The van der Waals surface area contributed by atoms with Gasteiger partial charge < -0.3 is 10.3 Å². The first-order chi connectivity index (χ1) is 7.22. The molecule has 0 aliphatic heterocycles. The van der Waals surface area contributed by atoms with Crippen LogP contribution in [0.2, 0.25) is 0 Å². The van der Waals surface area contributed by atoms with Crippen LogP contribution in [0.4, 0.5) is 0 Å². The molecule has 0 radical (unpaired) electrons. The molecule has 0 saturated heterocycles. The topological polar surface area (TPSA) is 57.8 Å². The lowest BCUT2D eigenvalue weighted by Crippen LogP contribution is -2.14. The summed E-state index contributed by atoms with van der Waals surface area (Å²) >= 11 is 1.59. The minimum absolute atomic E-state index is 0.0725. The maximum atomic E-state index is 11.1. The molecule has 1 rings (SSSR count). The summed E-state index contributed by atoms with van der Waals surface area (Å²) in [6.07, 6.45) is 1.08. The van der Waals surface area contributed by atoms with Crippen molar-refractivity contribution >= 4 is 11.8 Å². The molecule has 15 heavy (non-hydrogen) atoms. The highest BCUT2D eigenvalue weighted by atomic mass is 32.2. The summed E-state index contributed by atoms with van der Waals surface area (Å²) in [5, 5.41) is 3.97. The van der Waals surface area contributed by atoms with Crippen molar-refractivity contribution in [3.05, 3.63) is 22.1 Å². The standard InChI is InChI=1S/C10H17N3OS/c1-3-11-5-4-6-15-10-12-8(2)7-9(14)13-10/h7,11H,3-6H2,1-2H3,(H,12,13,14). The van der Waals surface area contributed by atoms with E-state index in [9.17, 15) is 4.79 Å². The van der Waals surface area contributed by atoms with E-state index in [2.05, 4.69) is 22.2 Å². The number of aromatic nitrogens is 2. The monoisotopic (exact) mass is 227 g/mol. The van der Waals surface area contributed by atoms with Gasteiger partial charge in [-0.05, 0) is 26.4 Å². The number of nitrogens with zero attached hydrogens (tertiary/aromatic N) is 1. The number of hydrogen-bond acceptors (Lipinski definition) is 4. The normalized spacial score (nSPS) is 10.5. The van der Waals surface area contributed by atoms with Gasteiger partial charge in [-0.15, -0.1) is 0 Å². The molecule has 1 aromatic heterocycles. The zero-order valence-electron chi connectivity index (χ0n) is 9.17. The van der Waals surface area contributed by atoms with E-state index in [-0.39, 0.29) is 5.56 Å². The van der Waals surface area contributed by atoms with Crippen LogP contribution in [-0.2, 0) is 0 Å². The summed E-state index contributed by atoms with van der Waals surface area (Å²) < 4.78 is 0. The molecule has 1 heterocycles. The van der Waals surface area contributed by atoms with E-state index >= 15 is 0 Å². The van der Waals surface area contributed by atoms with Gasteiger partial charge in [-0.25, -0.2) is 4.98 Å². The van der Waals surface area contributed by atoms with Crippen molar-refractivity contribution in [1.82, 2.24) is 15.3 Å². The summed E-state index contributed by atoms with van der Waals surface area (Å²) in [6.45, 7) is 5.94. The number of thioether (sulfide) groups is 1. The van der Waals surface area contributed by atoms with Crippen molar-refractivity contribution in [3.8, 4) is 0 Å². The van der Waals surface area contributed by atoms with Gasteiger partial charge in [0.25, 0.3) is 5.56 Å². The Morgan fingerprint density at radius 1 is 1.60 bits per heavy atom. The smallest absolute Gasteiger partial charge is 0.251 e. The number of nitrogens with one attached hydrogen (secondary N) is 2. The third kappa shape index (κ3) is 4.99. The van der Waals surface area contributed by atoms with E-state index in [1.54, 1.807) is 11.8 Å². The van der Waals surface area contributed by atoms with Gasteiger partial charge in [0.1, 0.15) is 0 Å². The van der Waals surface area contributed by atoms with Gasteiger partial charge in [0.05, 0.1) is 0 Å². The maximum absolute atomic E-state index is 11.1. The maximum Gasteiger partial charge on any atom is 0.251 e. The van der Waals surface area contributed by atoms with Crippen molar-refractivity contribution in [2.24, 2.45) is 0 Å². The Kier molecular flexibility index (Phi) is 5.42. The number of hydrogen-bond donors (Lipinski definition) is 2. The van der Waals surface area contributed by atoms with Gasteiger partial charge in [-0.1, -0.05) is 18.7 Å². The summed E-state index contributed by atoms with van der Waals surface area (Å²) in [4.78, 5) is 18.1. The SMILES string of the molecule is CCNCCCSc1nc(C)cc(=O)[nH]1. The second kappa shape index (κ2) is 6.63. The predicted octanol–water partition coefficient (Wildman–Crippen LogP) is 1.17. The summed E-state index contributed by atoms with van der Waals surface area (Å²) in [5.74, 6) is 0.972. The van der Waals surface area contributed by atoms with Crippen LogP contribution in [0.15, 0.2) is 16.0 Å². The molecule has 0 aliphatic carbocycles. The lowest BCUT2D eigenvalue weighted by molar-refractivity contribution is 0.706. The highest BCUT2D eigenvalue weighted by molar-refractivity contribution is 7.99. The van der Waals surface area contributed by atoms with Crippen LogP contribution in [0.5, 0.6) is 0 Å². The molecule has 0 bridgehead atoms. The Morgan fingerprint density at radius 2 is 2.40 bits per heavy atom. The van der Waals surface area contributed by atoms with Crippen molar-refractivity contribution in [2.45, 2.75) is 25.4 Å². The number of aromatic amines is 1. The first-order valence-corrected chi connectivity index (χ1v) is 6.12. The molecule has 84 valence electrons. The molecule has 0 aliphatic rings. The van der Waals surface area contributed by atoms with Gasteiger partial charge in [-0.3, -0.25) is 4.79 Å². The van der Waals surface area contributed by atoms with E-state index in [0.717, 1.165) is 36.1 Å². The summed E-state index contributed by atoms with van der Waals surface area (Å²) in [7, 11) is 0. The molecule has 1 aromatic rings. The first-order valence-electron chi connectivity index (χ1n) is 5.14. The first kappa shape index (κ1) is 12.3. The van der Waals surface area contributed by atoms with Crippen LogP contribution >= 0.6 is 11.8 Å². The Balaban J connectivity index is 2.34. The number of aryl methyl sites for hydroxylation is 1. The van der Waals surface area contributed by atoms with E-state index in [1.807, 2.05) is 6.92 Å². The largest absolute Gasteiger partial charge is 0.317 e. The molecular weight excluding hydrogens is 210 g/mol. The van der Waals surface area contributed by atoms with Gasteiger partial charge in [0.15, 0.2) is 5.16 Å². The highest BCUT2D eigenvalue weighted by Gasteiger charge is 1.98. The van der Waals surface area contributed by atoms with Crippen LogP contribution in [0.25, 0.3) is 0 Å². The number of H-pyrrole nitrogens is 1. The summed E-state index contributed by atoms with van der Waals surface area (Å²) in [6, 6.07) is 1.50. The van der Waals surface area contributed by atoms with Crippen LogP contribution in [0.3, 0.4) is 0 Å². The van der Waals surface area contributed by atoms with Crippen LogP contribution in [0, 0.1) is 6.92 Å². The van der Waals surface area contributed by atoms with Crippen LogP contribution in [-0.4, -0.2) is 28.8 Å². The fraction of sp³-hybridized carbons (Fsp3) is 0.600. The molecule has 4 nitrogen and oxygen atoms in total. The third-order valence-electron chi connectivity index (χ3n) is 1.83. The van der Waals surface area contributed by atoms with Crippen LogP contribution in [0.1, 0.15) is 19.0 Å². The Morgan fingerprint density at radius 3 is 3.07 bits per heavy atom. The minimum atomic E-state index is -0.0725. The molecule has 5 heteroatoms. The van der Waals surface area contributed by atoms with E-state index < -0.39 is 0 Å². The molecule has 0 spiro atoms. The summed E-state index contributed by atoms with van der Waals surface area (Å²) in [5.41, 5.74) is 0.699. The number of rotatable bonds is 6. The van der Waals surface area contributed by atoms with Gasteiger partial charge in [-0.2, -0.15) is 0 Å². The van der Waals surface area contributed by atoms with Crippen molar-refractivity contribution in [1.29, 1.82) is 0 Å². The fourth-order valence-corrected chi connectivity index (χ4v) is 2.03. The lowest BCUT2D eigenvalue weighted by atomic mass is 10.5. The molecule has 0 fully saturated rings. The van der Waals surface area contributed by atoms with Crippen molar-refractivity contribution < 1.29 is 0 Å². The van der Waals surface area contributed by atoms with Gasteiger partial charge >= 0.3 is 0 Å². The molecule has 0 unspecified atom stereocenters. The average molecular weight is 227 g/mol. The molecule has 0 saturated carbocycles. The molecule has 0 amide bonds. The van der Waals surface area contributed by atoms with Gasteiger partial charge in [0, 0.05) is 17.5 Å². The second-order valence-electron chi connectivity index (χ2n) is 3.25. The third-order valence-corrected chi connectivity index (χ3v) is 2.79. The zero-order valence-corrected chi connectivity index (χ0v) is 9.99. The molecule has 0 aromatic carbocycles. The van der Waals surface area contributed by atoms with E-state index in [4.69, 9.17) is 0 Å². The average Bonchev–Trinajstić information content (AvgIpc) is 2.16. The quantitative estimate of drug-likeness (QED) is 0.435. The second-order valence-corrected chi connectivity index (χ2v) is 4.33. The Bertz CT molecular complexity index is 351. The van der Waals surface area contributed by atoms with Crippen LogP contribution < -0.4 is 10.9 Å². The van der Waals surface area contributed by atoms with E-state index in [1.165, 1.54) is 6.07 Å². The van der Waals surface area contributed by atoms with E-state index in [0.29, 0.717) is 0 Å². The Labute approximate surface area is 93.9 Å². The molecule has 2 N–H and O–H groups in total. The molecular formula is C10H17N3OS. The van der Waals surface area contributed by atoms with Crippen molar-refractivity contribution in [3.63, 3.8) is 0 Å². The molecule has 0 atom stereocenters. The minimum Gasteiger partial charge on any atom is -0.317 e. The lowest BCUT2D eigenvalue weighted by Gasteiger charge is -2.02. The highest BCUT2D eigenvalue weighted by Crippen LogP contribution is 2.11. The van der Waals surface area contributed by atoms with Gasteiger partial charge in [0.2, 0.25) is 0 Å². The zero-order chi connectivity index (χ0) is 11.1. The fourth-order valence-electron chi connectivity index (χ4n) is 1.16. The Hall–Kier alpha value is -0.810. The predicted molar refractivity (Wildman–Crippen MR) is 63.5 cm³/mol.